The molecule has 0 spiro atoms. The molecule has 0 aromatic heterocycles. The van der Waals surface area contributed by atoms with Gasteiger partial charge in [0, 0.05) is 7.05 Å². The maximum absolute atomic E-state index is 13.1. The summed E-state index contributed by atoms with van der Waals surface area (Å²) in [4.78, 5) is 18.3. The zero-order valence-electron chi connectivity index (χ0n) is 19.6. The smallest absolute Gasteiger partial charge is 0.255 e. The molecule has 0 saturated heterocycles. The van der Waals surface area contributed by atoms with Crippen LogP contribution in [0.25, 0.3) is 0 Å². The van der Waals surface area contributed by atoms with Gasteiger partial charge in [-0.25, -0.2) is 5.06 Å². The zero-order chi connectivity index (χ0) is 21.4. The van der Waals surface area contributed by atoms with Gasteiger partial charge in [0.25, 0.3) is 5.91 Å². The molecule has 0 aromatic rings. The molecule has 0 aliphatic rings. The number of allylic oxidation sites excluding steroid dienone is 2. The highest BCUT2D eigenvalue weighted by atomic mass is 28.4. The maximum Gasteiger partial charge on any atom is 0.255 e. The normalized spacial score (nSPS) is 16.1. The van der Waals surface area contributed by atoms with Crippen molar-refractivity contribution in [2.75, 3.05) is 14.2 Å². The average molecular weight is 398 g/mol. The average Bonchev–Trinajstić information content (AvgIpc) is 2.52. The van der Waals surface area contributed by atoms with Gasteiger partial charge in [0.2, 0.25) is 0 Å². The lowest BCUT2D eigenvalue weighted by atomic mass is 9.91. The Kier molecular flexibility index (Phi) is 10.8. The van der Waals surface area contributed by atoms with Crippen LogP contribution in [-0.4, -0.2) is 39.5 Å². The predicted molar refractivity (Wildman–Crippen MR) is 118 cm³/mol. The van der Waals surface area contributed by atoms with Gasteiger partial charge in [0.05, 0.1) is 19.1 Å². The Morgan fingerprint density at radius 3 is 2.19 bits per heavy atom. The highest BCUT2D eigenvalue weighted by molar-refractivity contribution is 6.74. The van der Waals surface area contributed by atoms with E-state index < -0.39 is 8.32 Å². The lowest BCUT2D eigenvalue weighted by Crippen LogP contribution is -2.48. The number of amides is 1. The van der Waals surface area contributed by atoms with Crippen LogP contribution < -0.4 is 0 Å². The van der Waals surface area contributed by atoms with E-state index in [0.717, 1.165) is 18.4 Å². The Balaban J connectivity index is 5.91. The molecule has 0 saturated carbocycles. The van der Waals surface area contributed by atoms with E-state index in [1.165, 1.54) is 12.2 Å². The van der Waals surface area contributed by atoms with Gasteiger partial charge in [-0.3, -0.25) is 9.63 Å². The highest BCUT2D eigenvalue weighted by Crippen LogP contribution is 2.39. The minimum atomic E-state index is -2.04. The van der Waals surface area contributed by atoms with Crippen LogP contribution in [-0.2, 0) is 14.1 Å². The van der Waals surface area contributed by atoms with Crippen molar-refractivity contribution in [2.24, 2.45) is 11.8 Å². The third-order valence-corrected chi connectivity index (χ3v) is 9.97. The van der Waals surface area contributed by atoms with Crippen LogP contribution in [0.4, 0.5) is 0 Å². The van der Waals surface area contributed by atoms with E-state index in [4.69, 9.17) is 9.26 Å². The molecule has 0 heterocycles. The van der Waals surface area contributed by atoms with E-state index in [-0.39, 0.29) is 23.0 Å². The first kappa shape index (κ1) is 26.1. The lowest BCUT2D eigenvalue weighted by Gasteiger charge is -2.41. The van der Waals surface area contributed by atoms with Gasteiger partial charge in [0.1, 0.15) is 0 Å². The third kappa shape index (κ3) is 8.32. The molecule has 0 aromatic carbocycles. The highest BCUT2D eigenvalue weighted by Gasteiger charge is 2.42. The molecule has 0 radical (unpaired) electrons. The summed E-state index contributed by atoms with van der Waals surface area (Å²) in [5, 5.41) is 1.39. The Bertz CT molecular complexity index is 518. The molecule has 1 amide bonds. The number of hydroxylamine groups is 2. The molecule has 4 nitrogen and oxygen atoms in total. The summed E-state index contributed by atoms with van der Waals surface area (Å²) in [7, 11) is 1.14. The molecule has 27 heavy (non-hydrogen) atoms. The molecule has 5 heteroatoms. The van der Waals surface area contributed by atoms with Crippen LogP contribution in [0.15, 0.2) is 23.8 Å². The first-order chi connectivity index (χ1) is 12.3. The fourth-order valence-electron chi connectivity index (χ4n) is 2.58. The van der Waals surface area contributed by atoms with Gasteiger partial charge in [-0.05, 0) is 50.7 Å². The molecule has 0 fully saturated rings. The van der Waals surface area contributed by atoms with Crippen molar-refractivity contribution in [3.8, 4) is 0 Å². The van der Waals surface area contributed by atoms with Gasteiger partial charge in [-0.15, -0.1) is 0 Å². The Labute approximate surface area is 169 Å². The van der Waals surface area contributed by atoms with Crippen molar-refractivity contribution in [1.82, 2.24) is 5.06 Å². The molecular weight excluding hydrogens is 354 g/mol. The summed E-state index contributed by atoms with van der Waals surface area (Å²) in [6.07, 6.45) is 7.97. The molecule has 0 aliphatic carbocycles. The number of hydrogen-bond donors (Lipinski definition) is 0. The van der Waals surface area contributed by atoms with Gasteiger partial charge in [-0.1, -0.05) is 58.4 Å². The summed E-state index contributed by atoms with van der Waals surface area (Å²) in [5.41, 5.74) is 1.05. The molecule has 158 valence electrons. The summed E-state index contributed by atoms with van der Waals surface area (Å²) in [5.74, 6) is 0.185. The second-order valence-electron chi connectivity index (χ2n) is 9.28. The van der Waals surface area contributed by atoms with Crippen LogP contribution in [0.2, 0.25) is 18.1 Å². The SMILES string of the molecule is C/C=C/[C@@H](O[Si](C)(C)C(C)(C)C)C(C(=O)N(C)OC)/C(C)=C/CCC(C)C. The van der Waals surface area contributed by atoms with Gasteiger partial charge < -0.3 is 4.43 Å². The summed E-state index contributed by atoms with van der Waals surface area (Å²) >= 11 is 0. The topological polar surface area (TPSA) is 38.8 Å². The first-order valence-corrected chi connectivity index (χ1v) is 13.0. The number of rotatable bonds is 10. The monoisotopic (exact) mass is 397 g/mol. The fourth-order valence-corrected chi connectivity index (χ4v) is 3.83. The number of nitrogens with zero attached hydrogens (tertiary/aromatic N) is 1. The summed E-state index contributed by atoms with van der Waals surface area (Å²) in [6, 6.07) is 0. The van der Waals surface area contributed by atoms with Crippen molar-refractivity contribution in [1.29, 1.82) is 0 Å². The fraction of sp³-hybridized carbons (Fsp3) is 0.773. The molecule has 1 unspecified atom stereocenters. The molecule has 0 aliphatic heterocycles. The minimum Gasteiger partial charge on any atom is -0.409 e. The lowest BCUT2D eigenvalue weighted by molar-refractivity contribution is -0.174. The Morgan fingerprint density at radius 1 is 1.22 bits per heavy atom. The molecule has 0 N–H and O–H groups in total. The largest absolute Gasteiger partial charge is 0.409 e. The predicted octanol–water partition coefficient (Wildman–Crippen LogP) is 5.97. The molecule has 0 rings (SSSR count). The van der Waals surface area contributed by atoms with Crippen molar-refractivity contribution in [3.63, 3.8) is 0 Å². The minimum absolute atomic E-state index is 0.0717. The summed E-state index contributed by atoms with van der Waals surface area (Å²) in [6.45, 7) is 19.5. The standard InChI is InChI=1S/C22H43NO3Si/c1-12-14-19(26-27(10,11)22(5,6)7)20(21(24)23(8)25-9)18(4)16-13-15-17(2)3/h12,14,16-17,19-20H,13,15H2,1-11H3/b14-12+,18-16+/t19-,20?/m1/s1. The van der Waals surface area contributed by atoms with E-state index >= 15 is 0 Å². The Morgan fingerprint density at radius 2 is 1.78 bits per heavy atom. The quantitative estimate of drug-likeness (QED) is 0.259. The van der Waals surface area contributed by atoms with E-state index in [1.807, 2.05) is 26.0 Å². The van der Waals surface area contributed by atoms with Crippen LogP contribution >= 0.6 is 0 Å². The summed E-state index contributed by atoms with van der Waals surface area (Å²) < 4.78 is 6.68. The number of hydrogen-bond acceptors (Lipinski definition) is 3. The van der Waals surface area contributed by atoms with Crippen LogP contribution in [0, 0.1) is 11.8 Å². The van der Waals surface area contributed by atoms with Gasteiger partial charge in [-0.2, -0.15) is 0 Å². The van der Waals surface area contributed by atoms with Crippen molar-refractivity contribution < 1.29 is 14.1 Å². The van der Waals surface area contributed by atoms with Crippen molar-refractivity contribution >= 4 is 14.2 Å². The van der Waals surface area contributed by atoms with Crippen molar-refractivity contribution in [2.45, 2.75) is 85.5 Å². The van der Waals surface area contributed by atoms with E-state index in [1.54, 1.807) is 7.05 Å². The van der Waals surface area contributed by atoms with Crippen LogP contribution in [0.1, 0.15) is 61.3 Å². The molecule has 0 bridgehead atoms. The second-order valence-corrected chi connectivity index (χ2v) is 14.0. The zero-order valence-corrected chi connectivity index (χ0v) is 20.6. The van der Waals surface area contributed by atoms with E-state index in [2.05, 4.69) is 53.8 Å². The van der Waals surface area contributed by atoms with Crippen LogP contribution in [0.3, 0.4) is 0 Å². The number of carbonyl (C=O) groups is 1. The third-order valence-electron chi connectivity index (χ3n) is 5.50. The molecular formula is C22H43NO3Si. The Hall–Kier alpha value is -0.913. The van der Waals surface area contributed by atoms with Crippen molar-refractivity contribution in [3.05, 3.63) is 23.8 Å². The first-order valence-electron chi connectivity index (χ1n) is 10.1. The van der Waals surface area contributed by atoms with E-state index in [9.17, 15) is 4.79 Å². The van der Waals surface area contributed by atoms with Gasteiger partial charge in [0.15, 0.2) is 8.32 Å². The maximum atomic E-state index is 13.1. The molecule has 2 atom stereocenters. The second kappa shape index (κ2) is 11.2. The number of carbonyl (C=O) groups excluding carboxylic acids is 1. The van der Waals surface area contributed by atoms with Crippen LogP contribution in [0.5, 0.6) is 0 Å². The van der Waals surface area contributed by atoms with E-state index in [0.29, 0.717) is 5.92 Å². The van der Waals surface area contributed by atoms with Gasteiger partial charge >= 0.3 is 0 Å².